The van der Waals surface area contributed by atoms with Gasteiger partial charge in [0.15, 0.2) is 16.3 Å². The molecule has 9 nitrogen and oxygen atoms in total. The van der Waals surface area contributed by atoms with Crippen LogP contribution < -0.4 is 24.4 Å². The van der Waals surface area contributed by atoms with Gasteiger partial charge in [-0.2, -0.15) is 0 Å². The van der Waals surface area contributed by atoms with Crippen LogP contribution in [0, 0.1) is 0 Å². The Morgan fingerprint density at radius 2 is 1.80 bits per heavy atom. The average Bonchev–Trinajstić information content (AvgIpc) is 3.64. The van der Waals surface area contributed by atoms with Crippen LogP contribution >= 0.6 is 34.3 Å². The number of methoxy groups -OCH3 is 1. The van der Waals surface area contributed by atoms with E-state index in [0.717, 1.165) is 10.4 Å². The number of allylic oxidation sites excluding steroid dienone is 1. The van der Waals surface area contributed by atoms with Crippen LogP contribution in [0.2, 0.25) is 5.02 Å². The zero-order chi connectivity index (χ0) is 31.4. The summed E-state index contributed by atoms with van der Waals surface area (Å²) in [6.07, 6.45) is 1.71. The topological polar surface area (TPSA) is 105 Å². The van der Waals surface area contributed by atoms with Crippen LogP contribution in [-0.4, -0.2) is 36.8 Å². The van der Waals surface area contributed by atoms with E-state index in [1.165, 1.54) is 29.8 Å². The Balaban J connectivity index is 1.47. The van der Waals surface area contributed by atoms with Crippen LogP contribution in [0.5, 0.6) is 11.5 Å². The molecule has 4 aromatic rings. The van der Waals surface area contributed by atoms with Crippen LogP contribution in [0.3, 0.4) is 0 Å². The minimum atomic E-state index is -0.646. The SMILES string of the molecule is CCOC(=O)C1=C(C)N=c2s/c(=C\c3cc(Cl)c(OCc4ccc(C(=O)OCC)cc4)c(OC)c3)c(=O)n2[C@H]1c1cccs1. The molecule has 228 valence electrons. The highest BCUT2D eigenvalue weighted by molar-refractivity contribution is 7.10. The molecule has 0 bridgehead atoms. The molecule has 1 atom stereocenters. The lowest BCUT2D eigenvalue weighted by Gasteiger charge is -2.23. The monoisotopic (exact) mass is 652 g/mol. The summed E-state index contributed by atoms with van der Waals surface area (Å²) < 4.78 is 23.9. The van der Waals surface area contributed by atoms with Gasteiger partial charge >= 0.3 is 11.9 Å². The molecule has 2 aromatic carbocycles. The second-order valence-electron chi connectivity index (χ2n) is 9.56. The van der Waals surface area contributed by atoms with Gasteiger partial charge in [0.05, 0.1) is 46.7 Å². The zero-order valence-electron chi connectivity index (χ0n) is 24.4. The number of thiophene rings is 1. The van der Waals surface area contributed by atoms with Crippen LogP contribution in [0.4, 0.5) is 0 Å². The van der Waals surface area contributed by atoms with E-state index < -0.39 is 12.0 Å². The second-order valence-corrected chi connectivity index (χ2v) is 12.0. The number of hydrogen-bond acceptors (Lipinski definition) is 10. The maximum absolute atomic E-state index is 13.8. The molecule has 0 amide bonds. The largest absolute Gasteiger partial charge is 0.493 e. The van der Waals surface area contributed by atoms with Crippen molar-refractivity contribution in [2.75, 3.05) is 20.3 Å². The van der Waals surface area contributed by atoms with Crippen LogP contribution in [0.1, 0.15) is 53.2 Å². The van der Waals surface area contributed by atoms with E-state index in [9.17, 15) is 14.4 Å². The number of rotatable bonds is 10. The van der Waals surface area contributed by atoms with E-state index in [-0.39, 0.29) is 24.7 Å². The van der Waals surface area contributed by atoms with E-state index in [1.807, 2.05) is 17.5 Å². The van der Waals surface area contributed by atoms with Gasteiger partial charge in [-0.05, 0) is 73.7 Å². The number of hydrogen-bond donors (Lipinski definition) is 0. The van der Waals surface area contributed by atoms with Gasteiger partial charge in [-0.3, -0.25) is 9.36 Å². The first-order valence-electron chi connectivity index (χ1n) is 13.7. The highest BCUT2D eigenvalue weighted by Gasteiger charge is 2.34. The zero-order valence-corrected chi connectivity index (χ0v) is 26.8. The quantitative estimate of drug-likeness (QED) is 0.215. The molecular formula is C32H29ClN2O7S2. The number of carbonyl (C=O) groups is 2. The van der Waals surface area contributed by atoms with Gasteiger partial charge < -0.3 is 18.9 Å². The van der Waals surface area contributed by atoms with Gasteiger partial charge in [0, 0.05) is 4.88 Å². The number of ether oxygens (including phenoxy) is 4. The second kappa shape index (κ2) is 13.6. The molecule has 0 aliphatic carbocycles. The van der Waals surface area contributed by atoms with E-state index in [0.29, 0.717) is 54.9 Å². The molecule has 3 heterocycles. The summed E-state index contributed by atoms with van der Waals surface area (Å²) in [4.78, 5) is 44.6. The lowest BCUT2D eigenvalue weighted by Crippen LogP contribution is -2.39. The molecule has 0 unspecified atom stereocenters. The Kier molecular flexibility index (Phi) is 9.68. The molecule has 0 fully saturated rings. The lowest BCUT2D eigenvalue weighted by atomic mass is 10.0. The van der Waals surface area contributed by atoms with Gasteiger partial charge in [0.25, 0.3) is 5.56 Å². The molecule has 0 saturated heterocycles. The molecule has 1 aliphatic rings. The summed E-state index contributed by atoms with van der Waals surface area (Å²) in [6, 6.07) is 13.4. The van der Waals surface area contributed by atoms with E-state index in [4.69, 9.17) is 30.5 Å². The number of nitrogens with zero attached hydrogens (tertiary/aromatic N) is 2. The van der Waals surface area contributed by atoms with Gasteiger partial charge in [0.2, 0.25) is 0 Å². The highest BCUT2D eigenvalue weighted by atomic mass is 35.5. The summed E-state index contributed by atoms with van der Waals surface area (Å²) in [5.74, 6) is -0.154. The van der Waals surface area contributed by atoms with Crippen LogP contribution in [0.25, 0.3) is 6.08 Å². The van der Waals surface area contributed by atoms with Gasteiger partial charge in [-0.1, -0.05) is 41.1 Å². The first-order valence-corrected chi connectivity index (χ1v) is 15.8. The molecule has 2 aromatic heterocycles. The van der Waals surface area contributed by atoms with Crippen molar-refractivity contribution in [2.45, 2.75) is 33.4 Å². The number of halogens is 1. The van der Waals surface area contributed by atoms with Crippen molar-refractivity contribution in [3.05, 3.63) is 111 Å². The molecule has 0 radical (unpaired) electrons. The first kappa shape index (κ1) is 31.2. The Morgan fingerprint density at radius 1 is 1.07 bits per heavy atom. The van der Waals surface area contributed by atoms with Crippen molar-refractivity contribution in [2.24, 2.45) is 4.99 Å². The first-order chi connectivity index (χ1) is 21.2. The summed E-state index contributed by atoms with van der Waals surface area (Å²) in [5, 5.41) is 2.20. The van der Waals surface area contributed by atoms with Crippen LogP contribution in [-0.2, 0) is 20.9 Å². The number of esters is 2. The van der Waals surface area contributed by atoms with Crippen LogP contribution in [0.15, 0.2) is 75.0 Å². The summed E-state index contributed by atoms with van der Waals surface area (Å²) >= 11 is 9.32. The smallest absolute Gasteiger partial charge is 0.338 e. The number of fused-ring (bicyclic) bond motifs is 1. The fourth-order valence-electron chi connectivity index (χ4n) is 4.73. The minimum Gasteiger partial charge on any atom is -0.493 e. The van der Waals surface area contributed by atoms with Crippen molar-refractivity contribution in [3.8, 4) is 11.5 Å². The van der Waals surface area contributed by atoms with E-state index in [2.05, 4.69) is 4.99 Å². The van der Waals surface area contributed by atoms with E-state index in [1.54, 1.807) is 67.8 Å². The molecule has 5 rings (SSSR count). The van der Waals surface area contributed by atoms with Gasteiger partial charge in [-0.15, -0.1) is 11.3 Å². The number of benzene rings is 2. The normalized spacial score (nSPS) is 14.6. The maximum atomic E-state index is 13.8. The van der Waals surface area contributed by atoms with E-state index >= 15 is 0 Å². The third-order valence-electron chi connectivity index (χ3n) is 6.73. The van der Waals surface area contributed by atoms with Crippen molar-refractivity contribution in [1.29, 1.82) is 0 Å². The van der Waals surface area contributed by atoms with Crippen molar-refractivity contribution < 1.29 is 28.5 Å². The molecule has 0 N–H and O–H groups in total. The average molecular weight is 653 g/mol. The highest BCUT2D eigenvalue weighted by Crippen LogP contribution is 2.37. The van der Waals surface area contributed by atoms with Crippen molar-refractivity contribution in [1.82, 2.24) is 4.57 Å². The lowest BCUT2D eigenvalue weighted by molar-refractivity contribution is -0.139. The van der Waals surface area contributed by atoms with Crippen molar-refractivity contribution in [3.63, 3.8) is 0 Å². The number of carbonyl (C=O) groups excluding carboxylic acids is 2. The maximum Gasteiger partial charge on any atom is 0.338 e. The minimum absolute atomic E-state index is 0.183. The number of aromatic nitrogens is 1. The Hall–Kier alpha value is -4.19. The predicted molar refractivity (Wildman–Crippen MR) is 169 cm³/mol. The third kappa shape index (κ3) is 6.35. The molecule has 12 heteroatoms. The molecule has 44 heavy (non-hydrogen) atoms. The Bertz CT molecular complexity index is 1910. The fraction of sp³-hybridized carbons (Fsp3) is 0.250. The number of thiazole rings is 1. The third-order valence-corrected chi connectivity index (χ3v) is 8.92. The summed E-state index contributed by atoms with van der Waals surface area (Å²) in [7, 11) is 1.50. The summed E-state index contributed by atoms with van der Waals surface area (Å²) in [6.45, 7) is 5.94. The van der Waals surface area contributed by atoms with Gasteiger partial charge in [-0.25, -0.2) is 14.6 Å². The molecule has 0 spiro atoms. The molecule has 0 saturated carbocycles. The fourth-order valence-corrected chi connectivity index (χ4v) is 6.87. The van der Waals surface area contributed by atoms with Gasteiger partial charge in [0.1, 0.15) is 12.6 Å². The Labute approximate surface area is 266 Å². The molecular weight excluding hydrogens is 624 g/mol. The predicted octanol–water partition coefficient (Wildman–Crippen LogP) is 5.28. The molecule has 1 aliphatic heterocycles. The Morgan fingerprint density at radius 3 is 2.45 bits per heavy atom. The summed E-state index contributed by atoms with van der Waals surface area (Å²) in [5.41, 5.74) is 2.46. The standard InChI is InChI=1S/C32H29ClN2O7S2/c1-5-40-30(37)21-11-9-19(10-12-21)17-42-28-22(33)14-20(15-23(28)39-4)16-25-29(36)35-27(24-8-7-13-43-24)26(31(38)41-6-2)18(3)34-32(35)44-25/h7-16,27H,5-6,17H2,1-4H3/b25-16-/t27-/m0/s1. The van der Waals surface area contributed by atoms with Crippen molar-refractivity contribution >= 4 is 52.3 Å².